The second-order valence-electron chi connectivity index (χ2n) is 7.16. The van der Waals surface area contributed by atoms with E-state index in [0.29, 0.717) is 17.4 Å². The van der Waals surface area contributed by atoms with Crippen molar-refractivity contribution in [2.45, 2.75) is 71.8 Å². The molecule has 114 valence electrons. The molecule has 0 aromatic rings. The first-order chi connectivity index (χ1) is 9.42. The average Bonchev–Trinajstić information content (AvgIpc) is 2.42. The van der Waals surface area contributed by atoms with Crippen LogP contribution in [0.25, 0.3) is 0 Å². The molecule has 2 aliphatic carbocycles. The van der Waals surface area contributed by atoms with Crippen LogP contribution in [0.2, 0.25) is 0 Å². The molecule has 0 aromatic carbocycles. The maximum absolute atomic E-state index is 12.1. The van der Waals surface area contributed by atoms with Gasteiger partial charge < -0.3 is 4.74 Å². The van der Waals surface area contributed by atoms with E-state index in [9.17, 15) is 4.79 Å². The molecular weight excluding hydrogens is 248 g/mol. The highest BCUT2D eigenvalue weighted by atomic mass is 16.6. The van der Waals surface area contributed by atoms with Crippen LogP contribution in [-0.4, -0.2) is 11.6 Å². The van der Waals surface area contributed by atoms with Crippen molar-refractivity contribution in [2.24, 2.45) is 23.7 Å². The topological polar surface area (TPSA) is 26.3 Å². The third-order valence-corrected chi connectivity index (χ3v) is 5.88. The fourth-order valence-corrected chi connectivity index (χ4v) is 4.74. The lowest BCUT2D eigenvalue weighted by Crippen LogP contribution is -2.54. The fourth-order valence-electron chi connectivity index (χ4n) is 4.74. The Hall–Kier alpha value is -0.790. The minimum atomic E-state index is -0.250. The molecule has 2 rings (SSSR count). The summed E-state index contributed by atoms with van der Waals surface area (Å²) >= 11 is 0. The minimum Gasteiger partial charge on any atom is -0.455 e. The molecule has 2 heteroatoms. The lowest BCUT2D eigenvalue weighted by molar-refractivity contribution is -0.186. The van der Waals surface area contributed by atoms with Crippen LogP contribution in [0.1, 0.15) is 66.2 Å². The van der Waals surface area contributed by atoms with E-state index >= 15 is 0 Å². The Bertz CT molecular complexity index is 385. The smallest absolute Gasteiger partial charge is 0.333 e. The van der Waals surface area contributed by atoms with Crippen molar-refractivity contribution in [1.29, 1.82) is 0 Å². The van der Waals surface area contributed by atoms with E-state index < -0.39 is 0 Å². The molecule has 2 bridgehead atoms. The summed E-state index contributed by atoms with van der Waals surface area (Å²) < 4.78 is 6.04. The van der Waals surface area contributed by atoms with E-state index in [-0.39, 0.29) is 11.6 Å². The summed E-state index contributed by atoms with van der Waals surface area (Å²) in [5.74, 6) is 2.48. The predicted octanol–water partition coefficient (Wildman–Crippen LogP) is 4.74. The minimum absolute atomic E-state index is 0.198. The summed E-state index contributed by atoms with van der Waals surface area (Å²) in [4.78, 5) is 12.1. The van der Waals surface area contributed by atoms with E-state index in [1.165, 1.54) is 32.1 Å². The van der Waals surface area contributed by atoms with E-state index in [1.54, 1.807) is 6.92 Å². The van der Waals surface area contributed by atoms with Crippen molar-refractivity contribution >= 4 is 5.97 Å². The van der Waals surface area contributed by atoms with Crippen LogP contribution in [0.4, 0.5) is 0 Å². The first kappa shape index (κ1) is 15.6. The SMILES string of the molecule is C=C(C)C(=O)OC1(CC)C(C)CC2CC(CC)CC1C2. The van der Waals surface area contributed by atoms with Gasteiger partial charge in [-0.25, -0.2) is 4.79 Å². The number of rotatable bonds is 4. The average molecular weight is 278 g/mol. The standard InChI is InChI=1S/C18H30O2/c1-6-14-9-15-8-13(5)18(7-2,16(10-14)11-15)20-17(19)12(3)4/h13-16H,3,6-11H2,1-2,4-5H3. The summed E-state index contributed by atoms with van der Waals surface area (Å²) in [5, 5.41) is 0. The summed E-state index contributed by atoms with van der Waals surface area (Å²) in [6.45, 7) is 12.2. The van der Waals surface area contributed by atoms with Gasteiger partial charge in [0.25, 0.3) is 0 Å². The van der Waals surface area contributed by atoms with Crippen LogP contribution < -0.4 is 0 Å². The summed E-state index contributed by atoms with van der Waals surface area (Å²) in [5.41, 5.74) is 0.274. The van der Waals surface area contributed by atoms with Crippen LogP contribution in [-0.2, 0) is 9.53 Å². The number of ether oxygens (including phenoxy) is 1. The molecule has 2 nitrogen and oxygen atoms in total. The third-order valence-electron chi connectivity index (χ3n) is 5.88. The van der Waals surface area contributed by atoms with Gasteiger partial charge in [-0.15, -0.1) is 0 Å². The molecule has 2 saturated carbocycles. The zero-order valence-corrected chi connectivity index (χ0v) is 13.6. The van der Waals surface area contributed by atoms with Gasteiger partial charge >= 0.3 is 5.97 Å². The Morgan fingerprint density at radius 2 is 1.95 bits per heavy atom. The Balaban J connectivity index is 2.24. The molecule has 5 unspecified atom stereocenters. The molecular formula is C18H30O2. The third kappa shape index (κ3) is 2.66. The fraction of sp³-hybridized carbons (Fsp3) is 0.833. The quantitative estimate of drug-likeness (QED) is 0.548. The van der Waals surface area contributed by atoms with Crippen molar-refractivity contribution in [3.05, 3.63) is 12.2 Å². The van der Waals surface area contributed by atoms with Gasteiger partial charge in [-0.05, 0) is 62.7 Å². The van der Waals surface area contributed by atoms with Gasteiger partial charge in [0.2, 0.25) is 0 Å². The highest BCUT2D eigenvalue weighted by Gasteiger charge is 2.52. The van der Waals surface area contributed by atoms with Crippen LogP contribution in [0.5, 0.6) is 0 Å². The van der Waals surface area contributed by atoms with Crippen LogP contribution >= 0.6 is 0 Å². The summed E-state index contributed by atoms with van der Waals surface area (Å²) in [7, 11) is 0. The molecule has 0 saturated heterocycles. The van der Waals surface area contributed by atoms with Gasteiger partial charge in [-0.2, -0.15) is 0 Å². The molecule has 0 radical (unpaired) electrons. The van der Waals surface area contributed by atoms with E-state index in [1.807, 2.05) is 0 Å². The van der Waals surface area contributed by atoms with Gasteiger partial charge in [0.15, 0.2) is 0 Å². The Morgan fingerprint density at radius 1 is 1.25 bits per heavy atom. The largest absolute Gasteiger partial charge is 0.455 e. The zero-order chi connectivity index (χ0) is 14.9. The second-order valence-corrected chi connectivity index (χ2v) is 7.16. The number of hydrogen-bond donors (Lipinski definition) is 0. The second kappa shape index (κ2) is 5.91. The van der Waals surface area contributed by atoms with Crippen molar-refractivity contribution in [3.8, 4) is 0 Å². The van der Waals surface area contributed by atoms with Crippen molar-refractivity contribution < 1.29 is 9.53 Å². The number of carbonyl (C=O) groups is 1. The molecule has 0 aliphatic heterocycles. The van der Waals surface area contributed by atoms with Gasteiger partial charge in [0, 0.05) is 5.57 Å². The van der Waals surface area contributed by atoms with Gasteiger partial charge in [0.1, 0.15) is 5.60 Å². The highest BCUT2D eigenvalue weighted by molar-refractivity contribution is 5.87. The molecule has 0 spiro atoms. The van der Waals surface area contributed by atoms with Gasteiger partial charge in [-0.3, -0.25) is 0 Å². The first-order valence-corrected chi connectivity index (χ1v) is 8.31. The molecule has 0 N–H and O–H groups in total. The maximum atomic E-state index is 12.1. The van der Waals surface area contributed by atoms with Crippen molar-refractivity contribution in [1.82, 2.24) is 0 Å². The zero-order valence-electron chi connectivity index (χ0n) is 13.6. The van der Waals surface area contributed by atoms with Gasteiger partial charge in [-0.1, -0.05) is 33.8 Å². The molecule has 2 fully saturated rings. The number of carbonyl (C=O) groups excluding carboxylic acids is 1. The Morgan fingerprint density at radius 3 is 2.50 bits per heavy atom. The molecule has 0 aromatic heterocycles. The van der Waals surface area contributed by atoms with Gasteiger partial charge in [0.05, 0.1) is 0 Å². The Labute approximate surface area is 124 Å². The van der Waals surface area contributed by atoms with E-state index in [2.05, 4.69) is 27.4 Å². The van der Waals surface area contributed by atoms with Crippen molar-refractivity contribution in [2.75, 3.05) is 0 Å². The normalized spacial score (nSPS) is 40.2. The van der Waals surface area contributed by atoms with Crippen LogP contribution in [0, 0.1) is 23.7 Å². The molecule has 0 heterocycles. The lowest BCUT2D eigenvalue weighted by Gasteiger charge is -2.54. The first-order valence-electron chi connectivity index (χ1n) is 8.31. The monoisotopic (exact) mass is 278 g/mol. The summed E-state index contributed by atoms with van der Waals surface area (Å²) in [6, 6.07) is 0. The predicted molar refractivity (Wildman–Crippen MR) is 82.3 cm³/mol. The van der Waals surface area contributed by atoms with Crippen molar-refractivity contribution in [3.63, 3.8) is 0 Å². The van der Waals surface area contributed by atoms with E-state index in [0.717, 1.165) is 18.3 Å². The number of hydrogen-bond acceptors (Lipinski definition) is 2. The molecule has 2 aliphatic rings. The van der Waals surface area contributed by atoms with E-state index in [4.69, 9.17) is 4.74 Å². The number of esters is 1. The van der Waals surface area contributed by atoms with Crippen LogP contribution in [0.15, 0.2) is 12.2 Å². The molecule has 20 heavy (non-hydrogen) atoms. The number of fused-ring (bicyclic) bond motifs is 2. The molecule has 0 amide bonds. The summed E-state index contributed by atoms with van der Waals surface area (Å²) in [6.07, 6.45) is 7.26. The molecule has 5 atom stereocenters. The highest BCUT2D eigenvalue weighted by Crippen LogP contribution is 2.53. The Kier molecular flexibility index (Phi) is 4.61. The lowest BCUT2D eigenvalue weighted by atomic mass is 9.56. The maximum Gasteiger partial charge on any atom is 0.333 e. The van der Waals surface area contributed by atoms with Crippen LogP contribution in [0.3, 0.4) is 0 Å².